The average molecular weight is 299 g/mol. The molecule has 108 valence electrons. The lowest BCUT2D eigenvalue weighted by Gasteiger charge is -2.29. The Kier molecular flexibility index (Phi) is 3.05. The maximum Gasteiger partial charge on any atom is 0.268 e. The van der Waals surface area contributed by atoms with Gasteiger partial charge in [0.05, 0.1) is 10.4 Å². The van der Waals surface area contributed by atoms with E-state index < -0.39 is 5.54 Å². The minimum absolute atomic E-state index is 0.406. The molecule has 2 heterocycles. The smallest absolute Gasteiger partial charge is 0.268 e. The third kappa shape index (κ3) is 2.26. The molecule has 3 aromatic rings. The lowest BCUT2D eigenvalue weighted by atomic mass is 9.82. The molecule has 5 heteroatoms. The van der Waals surface area contributed by atoms with Gasteiger partial charge in [0.15, 0.2) is 5.82 Å². The predicted molar refractivity (Wildman–Crippen MR) is 84.1 cm³/mol. The van der Waals surface area contributed by atoms with Crippen molar-refractivity contribution in [3.63, 3.8) is 0 Å². The molecule has 2 N–H and O–H groups in total. The zero-order valence-corrected chi connectivity index (χ0v) is 12.5. The van der Waals surface area contributed by atoms with Crippen molar-refractivity contribution < 1.29 is 4.52 Å². The van der Waals surface area contributed by atoms with Crippen molar-refractivity contribution in [1.82, 2.24) is 10.1 Å². The van der Waals surface area contributed by atoms with Gasteiger partial charge in [-0.15, -0.1) is 11.3 Å². The van der Waals surface area contributed by atoms with Gasteiger partial charge in [0.1, 0.15) is 0 Å². The fraction of sp³-hybridized carbons (Fsp3) is 0.375. The second-order valence-electron chi connectivity index (χ2n) is 5.79. The van der Waals surface area contributed by atoms with Gasteiger partial charge in [-0.25, -0.2) is 0 Å². The third-order valence-corrected chi connectivity index (χ3v) is 5.36. The van der Waals surface area contributed by atoms with Gasteiger partial charge in [-0.2, -0.15) is 4.98 Å². The molecular weight excluding hydrogens is 282 g/mol. The molecule has 1 aromatic carbocycles. The van der Waals surface area contributed by atoms with Crippen molar-refractivity contribution in [1.29, 1.82) is 0 Å². The summed E-state index contributed by atoms with van der Waals surface area (Å²) in [6.07, 6.45) is 5.42. The molecule has 4 rings (SSSR count). The number of rotatable bonds is 2. The summed E-state index contributed by atoms with van der Waals surface area (Å²) in [6.45, 7) is 0. The number of nitrogens with zero attached hydrogens (tertiary/aromatic N) is 2. The van der Waals surface area contributed by atoms with Gasteiger partial charge in [0.2, 0.25) is 0 Å². The van der Waals surface area contributed by atoms with Crippen LogP contribution in [0.2, 0.25) is 0 Å². The van der Waals surface area contributed by atoms with E-state index in [9.17, 15) is 0 Å². The number of benzene rings is 1. The van der Waals surface area contributed by atoms with Crippen LogP contribution < -0.4 is 5.73 Å². The Morgan fingerprint density at radius 2 is 1.95 bits per heavy atom. The van der Waals surface area contributed by atoms with Crippen LogP contribution in [0.25, 0.3) is 20.9 Å². The molecule has 0 unspecified atom stereocenters. The van der Waals surface area contributed by atoms with Crippen molar-refractivity contribution in [2.24, 2.45) is 5.73 Å². The Bertz CT molecular complexity index is 738. The van der Waals surface area contributed by atoms with Crippen LogP contribution in [0.3, 0.4) is 0 Å². The molecule has 21 heavy (non-hydrogen) atoms. The molecule has 1 aliphatic carbocycles. The number of thiophene rings is 1. The van der Waals surface area contributed by atoms with E-state index in [0.717, 1.165) is 30.6 Å². The van der Waals surface area contributed by atoms with Gasteiger partial charge in [-0.1, -0.05) is 42.6 Å². The molecular formula is C16H17N3OS. The maximum absolute atomic E-state index is 6.47. The zero-order chi connectivity index (χ0) is 14.3. The van der Waals surface area contributed by atoms with Gasteiger partial charge >= 0.3 is 0 Å². The summed E-state index contributed by atoms with van der Waals surface area (Å²) in [6, 6.07) is 10.4. The van der Waals surface area contributed by atoms with E-state index in [-0.39, 0.29) is 0 Å². The molecule has 2 aromatic heterocycles. The first kappa shape index (κ1) is 13.0. The Morgan fingerprint density at radius 1 is 1.14 bits per heavy atom. The van der Waals surface area contributed by atoms with Crippen molar-refractivity contribution >= 4 is 21.4 Å². The summed E-state index contributed by atoms with van der Waals surface area (Å²) in [5.74, 6) is 1.25. The topological polar surface area (TPSA) is 64.9 Å². The van der Waals surface area contributed by atoms with Crippen molar-refractivity contribution in [2.45, 2.75) is 37.6 Å². The minimum atomic E-state index is -0.406. The monoisotopic (exact) mass is 299 g/mol. The summed E-state index contributed by atoms with van der Waals surface area (Å²) in [7, 11) is 0. The van der Waals surface area contributed by atoms with E-state index >= 15 is 0 Å². The Hall–Kier alpha value is -1.72. The first-order valence-electron chi connectivity index (χ1n) is 7.37. The van der Waals surface area contributed by atoms with Gasteiger partial charge in [0.25, 0.3) is 5.89 Å². The normalized spacial score (nSPS) is 18.1. The second-order valence-corrected chi connectivity index (χ2v) is 6.87. The van der Waals surface area contributed by atoms with Gasteiger partial charge in [0, 0.05) is 4.70 Å². The number of aromatic nitrogens is 2. The molecule has 0 aliphatic heterocycles. The Morgan fingerprint density at radius 3 is 2.76 bits per heavy atom. The minimum Gasteiger partial charge on any atom is -0.333 e. The largest absolute Gasteiger partial charge is 0.333 e. The fourth-order valence-corrected chi connectivity index (χ4v) is 4.00. The predicted octanol–water partition coefficient (Wildman–Crippen LogP) is 4.07. The lowest BCUT2D eigenvalue weighted by Crippen LogP contribution is -2.39. The van der Waals surface area contributed by atoms with Crippen LogP contribution in [0.4, 0.5) is 0 Å². The molecule has 1 aliphatic rings. The van der Waals surface area contributed by atoms with Crippen LogP contribution in [-0.2, 0) is 5.54 Å². The molecule has 0 atom stereocenters. The zero-order valence-electron chi connectivity index (χ0n) is 11.7. The molecule has 0 bridgehead atoms. The average Bonchev–Trinajstić information content (AvgIpc) is 3.15. The summed E-state index contributed by atoms with van der Waals surface area (Å²) < 4.78 is 6.70. The highest BCUT2D eigenvalue weighted by atomic mass is 32.1. The van der Waals surface area contributed by atoms with Gasteiger partial charge in [-0.3, -0.25) is 0 Å². The maximum atomic E-state index is 6.47. The van der Waals surface area contributed by atoms with Crippen LogP contribution >= 0.6 is 11.3 Å². The molecule has 0 spiro atoms. The molecule has 0 amide bonds. The van der Waals surface area contributed by atoms with Crippen LogP contribution in [-0.4, -0.2) is 10.1 Å². The standard InChI is InChI=1S/C16H17N3OS/c17-16(8-4-1-5-9-16)15-18-14(20-19-15)13-10-11-6-2-3-7-12(11)21-13/h2-3,6-7,10H,1,4-5,8-9,17H2. The first-order valence-corrected chi connectivity index (χ1v) is 8.18. The van der Waals surface area contributed by atoms with E-state index in [1.807, 2.05) is 12.1 Å². The van der Waals surface area contributed by atoms with Crippen molar-refractivity contribution in [3.05, 3.63) is 36.2 Å². The summed E-state index contributed by atoms with van der Waals surface area (Å²) in [5.41, 5.74) is 6.06. The lowest BCUT2D eigenvalue weighted by molar-refractivity contribution is 0.275. The number of hydrogen-bond donors (Lipinski definition) is 1. The highest BCUT2D eigenvalue weighted by Gasteiger charge is 2.34. The van der Waals surface area contributed by atoms with Crippen LogP contribution in [0, 0.1) is 0 Å². The molecule has 1 fully saturated rings. The molecule has 4 nitrogen and oxygen atoms in total. The highest BCUT2D eigenvalue weighted by molar-refractivity contribution is 7.22. The van der Waals surface area contributed by atoms with E-state index in [1.165, 1.54) is 16.5 Å². The highest BCUT2D eigenvalue weighted by Crippen LogP contribution is 2.36. The quantitative estimate of drug-likeness (QED) is 0.774. The van der Waals surface area contributed by atoms with Gasteiger partial charge in [-0.05, 0) is 30.4 Å². The van der Waals surface area contributed by atoms with Crippen molar-refractivity contribution in [2.75, 3.05) is 0 Å². The van der Waals surface area contributed by atoms with Crippen LogP contribution in [0.1, 0.15) is 37.9 Å². The fourth-order valence-electron chi connectivity index (χ4n) is 3.02. The van der Waals surface area contributed by atoms with E-state index in [2.05, 4.69) is 28.3 Å². The van der Waals surface area contributed by atoms with E-state index in [1.54, 1.807) is 11.3 Å². The van der Waals surface area contributed by atoms with E-state index in [0.29, 0.717) is 11.7 Å². The number of hydrogen-bond acceptors (Lipinski definition) is 5. The summed E-state index contributed by atoms with van der Waals surface area (Å²) in [4.78, 5) is 5.59. The van der Waals surface area contributed by atoms with Gasteiger partial charge < -0.3 is 10.3 Å². The van der Waals surface area contributed by atoms with Crippen LogP contribution in [0.5, 0.6) is 0 Å². The van der Waals surface area contributed by atoms with E-state index in [4.69, 9.17) is 10.3 Å². The first-order chi connectivity index (χ1) is 10.2. The third-order valence-electron chi connectivity index (χ3n) is 4.25. The SMILES string of the molecule is NC1(c2noc(-c3cc4ccccc4s3)n2)CCCCC1. The molecule has 0 saturated heterocycles. The summed E-state index contributed by atoms with van der Waals surface area (Å²) in [5, 5.41) is 5.36. The second kappa shape index (κ2) is 4.93. The molecule has 0 radical (unpaired) electrons. The Balaban J connectivity index is 1.70. The summed E-state index contributed by atoms with van der Waals surface area (Å²) >= 11 is 1.67. The molecule has 1 saturated carbocycles. The Labute approximate surface area is 127 Å². The van der Waals surface area contributed by atoms with Crippen LogP contribution in [0.15, 0.2) is 34.9 Å². The van der Waals surface area contributed by atoms with Crippen molar-refractivity contribution in [3.8, 4) is 10.8 Å². The number of nitrogens with two attached hydrogens (primary N) is 1. The number of fused-ring (bicyclic) bond motifs is 1.